The first-order chi connectivity index (χ1) is 9.01. The molecule has 5 nitrogen and oxygen atoms in total. The molecule has 0 aliphatic rings. The van der Waals surface area contributed by atoms with E-state index in [-0.39, 0.29) is 25.2 Å². The lowest BCUT2D eigenvalue weighted by Gasteiger charge is -2.18. The van der Waals surface area contributed by atoms with Crippen LogP contribution in [0.2, 0.25) is 0 Å². The second kappa shape index (κ2) is 7.63. The highest BCUT2D eigenvalue weighted by Crippen LogP contribution is 2.14. The van der Waals surface area contributed by atoms with Gasteiger partial charge in [0.2, 0.25) is 0 Å². The number of amides is 1. The van der Waals surface area contributed by atoms with Gasteiger partial charge in [0, 0.05) is 11.8 Å². The molecule has 0 aliphatic heterocycles. The number of nitrogen functional groups attached to an aromatic ring is 1. The van der Waals surface area contributed by atoms with Crippen molar-refractivity contribution in [2.75, 3.05) is 18.9 Å². The number of aliphatic hydroxyl groups excluding tert-OH is 1. The van der Waals surface area contributed by atoms with Crippen molar-refractivity contribution < 1.29 is 14.6 Å². The number of anilines is 1. The average Bonchev–Trinajstić information content (AvgIpc) is 2.35. The second-order valence-electron chi connectivity index (χ2n) is 4.94. The van der Waals surface area contributed by atoms with Crippen molar-refractivity contribution in [1.29, 1.82) is 0 Å². The molecule has 1 aromatic carbocycles. The van der Waals surface area contributed by atoms with Crippen LogP contribution in [-0.2, 0) is 4.79 Å². The fourth-order valence-electron chi connectivity index (χ4n) is 1.77. The van der Waals surface area contributed by atoms with Gasteiger partial charge in [0.1, 0.15) is 5.75 Å². The summed E-state index contributed by atoms with van der Waals surface area (Å²) in [6.07, 6.45) is 0.737. The van der Waals surface area contributed by atoms with Crippen LogP contribution in [0, 0.1) is 5.92 Å². The van der Waals surface area contributed by atoms with Crippen LogP contribution in [0.3, 0.4) is 0 Å². The Bertz CT molecular complexity index is 407. The molecular formula is C14H22N2O3. The van der Waals surface area contributed by atoms with Gasteiger partial charge >= 0.3 is 0 Å². The molecular weight excluding hydrogens is 244 g/mol. The molecule has 0 bridgehead atoms. The molecule has 4 N–H and O–H groups in total. The molecule has 0 heterocycles. The Balaban J connectivity index is 2.38. The van der Waals surface area contributed by atoms with Crippen molar-refractivity contribution in [3.8, 4) is 5.75 Å². The number of carbonyl (C=O) groups is 1. The third kappa shape index (κ3) is 6.10. The van der Waals surface area contributed by atoms with E-state index < -0.39 is 0 Å². The Kier molecular flexibility index (Phi) is 6.15. The van der Waals surface area contributed by atoms with Crippen LogP contribution < -0.4 is 15.8 Å². The molecule has 0 saturated heterocycles. The number of hydrogen-bond donors (Lipinski definition) is 3. The first kappa shape index (κ1) is 15.3. The summed E-state index contributed by atoms with van der Waals surface area (Å²) >= 11 is 0. The number of benzene rings is 1. The van der Waals surface area contributed by atoms with Crippen LogP contribution >= 0.6 is 0 Å². The lowest BCUT2D eigenvalue weighted by atomic mass is 10.0. The summed E-state index contributed by atoms with van der Waals surface area (Å²) < 4.78 is 5.33. The van der Waals surface area contributed by atoms with E-state index in [9.17, 15) is 9.90 Å². The molecule has 0 radical (unpaired) electrons. The molecule has 5 heteroatoms. The average molecular weight is 266 g/mol. The zero-order valence-corrected chi connectivity index (χ0v) is 11.4. The predicted octanol–water partition coefficient (Wildman–Crippen LogP) is 1.17. The number of carbonyl (C=O) groups excluding carboxylic acids is 1. The van der Waals surface area contributed by atoms with Gasteiger partial charge in [-0.25, -0.2) is 0 Å². The minimum atomic E-state index is -0.248. The highest BCUT2D eigenvalue weighted by molar-refractivity contribution is 5.77. The van der Waals surface area contributed by atoms with Crippen LogP contribution in [0.4, 0.5) is 5.69 Å². The SMILES string of the molecule is CC(C)CC(CO)NC(=O)COc1cccc(N)c1. The Labute approximate surface area is 113 Å². The molecule has 0 fully saturated rings. The standard InChI is InChI=1S/C14H22N2O3/c1-10(2)6-12(8-17)16-14(18)9-19-13-5-3-4-11(15)7-13/h3-5,7,10,12,17H,6,8-9,15H2,1-2H3,(H,16,18). The molecule has 1 unspecified atom stereocenters. The van der Waals surface area contributed by atoms with E-state index in [1.807, 2.05) is 13.8 Å². The lowest BCUT2D eigenvalue weighted by molar-refractivity contribution is -0.124. The Morgan fingerprint density at radius 1 is 1.47 bits per heavy atom. The largest absolute Gasteiger partial charge is 0.484 e. The van der Waals surface area contributed by atoms with Crippen molar-refractivity contribution in [3.63, 3.8) is 0 Å². The molecule has 106 valence electrons. The summed E-state index contributed by atoms with van der Waals surface area (Å²) in [4.78, 5) is 11.7. The number of ether oxygens (including phenoxy) is 1. The van der Waals surface area contributed by atoms with Crippen molar-refractivity contribution in [2.45, 2.75) is 26.3 Å². The summed E-state index contributed by atoms with van der Waals surface area (Å²) in [5.74, 6) is 0.717. The molecule has 1 aromatic rings. The number of nitrogens with two attached hydrogens (primary N) is 1. The third-order valence-corrected chi connectivity index (χ3v) is 2.57. The van der Waals surface area contributed by atoms with Crippen molar-refractivity contribution in [3.05, 3.63) is 24.3 Å². The molecule has 1 amide bonds. The lowest BCUT2D eigenvalue weighted by Crippen LogP contribution is -2.40. The van der Waals surface area contributed by atoms with Gasteiger partial charge in [0.15, 0.2) is 6.61 Å². The van der Waals surface area contributed by atoms with Gasteiger partial charge in [-0.05, 0) is 24.5 Å². The smallest absolute Gasteiger partial charge is 0.258 e. The number of rotatable bonds is 7. The first-order valence-electron chi connectivity index (χ1n) is 6.39. The van der Waals surface area contributed by atoms with Gasteiger partial charge in [-0.1, -0.05) is 19.9 Å². The zero-order valence-electron chi connectivity index (χ0n) is 11.4. The first-order valence-corrected chi connectivity index (χ1v) is 6.39. The predicted molar refractivity (Wildman–Crippen MR) is 74.8 cm³/mol. The van der Waals surface area contributed by atoms with Gasteiger partial charge in [-0.15, -0.1) is 0 Å². The monoisotopic (exact) mass is 266 g/mol. The molecule has 1 atom stereocenters. The maximum Gasteiger partial charge on any atom is 0.258 e. The van der Waals surface area contributed by atoms with Crippen LogP contribution in [0.5, 0.6) is 5.75 Å². The summed E-state index contributed by atoms with van der Waals surface area (Å²) in [5.41, 5.74) is 6.20. The van der Waals surface area contributed by atoms with E-state index in [2.05, 4.69) is 5.32 Å². The molecule has 19 heavy (non-hydrogen) atoms. The fraction of sp³-hybridized carbons (Fsp3) is 0.500. The van der Waals surface area contributed by atoms with E-state index in [4.69, 9.17) is 10.5 Å². The molecule has 1 rings (SSSR count). The van der Waals surface area contributed by atoms with Gasteiger partial charge < -0.3 is 20.9 Å². The van der Waals surface area contributed by atoms with Gasteiger partial charge in [0.25, 0.3) is 5.91 Å². The highest BCUT2D eigenvalue weighted by Gasteiger charge is 2.13. The van der Waals surface area contributed by atoms with E-state index >= 15 is 0 Å². The van der Waals surface area contributed by atoms with Crippen LogP contribution in [-0.4, -0.2) is 30.3 Å². The van der Waals surface area contributed by atoms with E-state index in [1.54, 1.807) is 24.3 Å². The third-order valence-electron chi connectivity index (χ3n) is 2.57. The topological polar surface area (TPSA) is 84.6 Å². The molecule has 0 spiro atoms. The van der Waals surface area contributed by atoms with Crippen LogP contribution in [0.1, 0.15) is 20.3 Å². The van der Waals surface area contributed by atoms with E-state index in [0.717, 1.165) is 6.42 Å². The summed E-state index contributed by atoms with van der Waals surface area (Å²) in [6.45, 7) is 3.93. The quantitative estimate of drug-likeness (QED) is 0.647. The number of nitrogens with one attached hydrogen (secondary N) is 1. The summed E-state index contributed by atoms with van der Waals surface area (Å²) in [6, 6.07) is 6.68. The van der Waals surface area contributed by atoms with Crippen molar-refractivity contribution in [2.24, 2.45) is 5.92 Å². The fourth-order valence-corrected chi connectivity index (χ4v) is 1.77. The Morgan fingerprint density at radius 3 is 2.79 bits per heavy atom. The maximum absolute atomic E-state index is 11.7. The second-order valence-corrected chi connectivity index (χ2v) is 4.94. The molecule has 0 aromatic heterocycles. The number of hydrogen-bond acceptors (Lipinski definition) is 4. The summed E-state index contributed by atoms with van der Waals surface area (Å²) in [5, 5.41) is 11.9. The molecule has 0 aliphatic carbocycles. The Hall–Kier alpha value is -1.75. The minimum Gasteiger partial charge on any atom is -0.484 e. The van der Waals surface area contributed by atoms with Crippen molar-refractivity contribution in [1.82, 2.24) is 5.32 Å². The van der Waals surface area contributed by atoms with E-state index in [1.165, 1.54) is 0 Å². The molecule has 0 saturated carbocycles. The van der Waals surface area contributed by atoms with Crippen molar-refractivity contribution >= 4 is 11.6 Å². The number of aliphatic hydroxyl groups is 1. The van der Waals surface area contributed by atoms with Crippen LogP contribution in [0.25, 0.3) is 0 Å². The van der Waals surface area contributed by atoms with Crippen LogP contribution in [0.15, 0.2) is 24.3 Å². The van der Waals surface area contributed by atoms with E-state index in [0.29, 0.717) is 17.4 Å². The van der Waals surface area contributed by atoms with Gasteiger partial charge in [-0.3, -0.25) is 4.79 Å². The highest BCUT2D eigenvalue weighted by atomic mass is 16.5. The summed E-state index contributed by atoms with van der Waals surface area (Å²) in [7, 11) is 0. The normalized spacial score (nSPS) is 12.2. The van der Waals surface area contributed by atoms with Gasteiger partial charge in [0.05, 0.1) is 12.6 Å². The van der Waals surface area contributed by atoms with Gasteiger partial charge in [-0.2, -0.15) is 0 Å². The Morgan fingerprint density at radius 2 is 2.21 bits per heavy atom. The minimum absolute atomic E-state index is 0.0673. The zero-order chi connectivity index (χ0) is 14.3. The maximum atomic E-state index is 11.7.